The Morgan fingerprint density at radius 2 is 1.53 bits per heavy atom. The Bertz CT molecular complexity index is 1600. The first-order valence-corrected chi connectivity index (χ1v) is 13.9. The minimum absolute atomic E-state index is 0.185. The molecule has 0 radical (unpaired) electrons. The van der Waals surface area contributed by atoms with Gasteiger partial charge in [-0.25, -0.2) is 4.90 Å². The van der Waals surface area contributed by atoms with E-state index in [0.29, 0.717) is 21.3 Å². The highest BCUT2D eigenvalue weighted by Crippen LogP contribution is 2.53. The van der Waals surface area contributed by atoms with Crippen molar-refractivity contribution in [3.8, 4) is 0 Å². The monoisotopic (exact) mass is 541 g/mol. The quantitative estimate of drug-likeness (QED) is 0.372. The summed E-state index contributed by atoms with van der Waals surface area (Å²) in [5.74, 6) is -2.05. The van der Waals surface area contributed by atoms with Gasteiger partial charge in [-0.15, -0.1) is 0 Å². The standard InChI is InChI=1S/C29H23N3O4S2/c1-17-12-14-20(15-13-17)32-26(34)23-22(18-8-4-2-5-9-18)25-28(37-24(23)27(32)35)31(29(36)38-25)16-21(33)30-19-10-6-3-7-11-19/h2-15,22-24H,16H2,1H3,(H,30,33). The fourth-order valence-electron chi connectivity index (χ4n) is 5.09. The summed E-state index contributed by atoms with van der Waals surface area (Å²) in [6.07, 6.45) is 0. The number of fused-ring (bicyclic) bond motifs is 2. The number of thiazole rings is 1. The zero-order valence-corrected chi connectivity index (χ0v) is 22.0. The minimum atomic E-state index is -0.709. The second kappa shape index (κ2) is 9.74. The van der Waals surface area contributed by atoms with Crippen LogP contribution in [-0.2, 0) is 20.9 Å². The predicted molar refractivity (Wildman–Crippen MR) is 149 cm³/mol. The number of aryl methyl sites for hydroxylation is 1. The normalized spacial score (nSPS) is 20.2. The molecule has 7 nitrogen and oxygen atoms in total. The first-order chi connectivity index (χ1) is 18.4. The smallest absolute Gasteiger partial charge is 0.308 e. The van der Waals surface area contributed by atoms with Crippen molar-refractivity contribution in [2.45, 2.75) is 29.7 Å². The van der Waals surface area contributed by atoms with Gasteiger partial charge in [0, 0.05) is 16.5 Å². The van der Waals surface area contributed by atoms with Gasteiger partial charge in [-0.3, -0.25) is 23.7 Å². The van der Waals surface area contributed by atoms with Gasteiger partial charge in [0.05, 0.1) is 16.6 Å². The number of imide groups is 1. The Kier molecular flexibility index (Phi) is 6.25. The van der Waals surface area contributed by atoms with Crippen molar-refractivity contribution < 1.29 is 14.4 Å². The van der Waals surface area contributed by atoms with E-state index < -0.39 is 17.1 Å². The van der Waals surface area contributed by atoms with Crippen LogP contribution in [0, 0.1) is 12.8 Å². The molecule has 0 spiro atoms. The predicted octanol–water partition coefficient (Wildman–Crippen LogP) is 4.65. The molecule has 38 heavy (non-hydrogen) atoms. The fourth-order valence-corrected chi connectivity index (χ4v) is 7.86. The van der Waals surface area contributed by atoms with Crippen LogP contribution in [0.4, 0.5) is 11.4 Å². The van der Waals surface area contributed by atoms with Crippen LogP contribution in [0.15, 0.2) is 94.7 Å². The van der Waals surface area contributed by atoms with E-state index in [0.717, 1.165) is 22.5 Å². The second-order valence-electron chi connectivity index (χ2n) is 9.34. The molecule has 1 aromatic heterocycles. The minimum Gasteiger partial charge on any atom is -0.325 e. The number of hydrogen-bond donors (Lipinski definition) is 1. The lowest BCUT2D eigenvalue weighted by Crippen LogP contribution is -2.33. The summed E-state index contributed by atoms with van der Waals surface area (Å²) < 4.78 is 1.43. The molecule has 0 aliphatic carbocycles. The number of nitrogens with one attached hydrogen (secondary N) is 1. The highest BCUT2D eigenvalue weighted by Gasteiger charge is 2.56. The molecule has 3 amide bonds. The number of nitrogens with zero attached hydrogens (tertiary/aromatic N) is 2. The molecule has 6 rings (SSSR count). The average molecular weight is 542 g/mol. The first-order valence-electron chi connectivity index (χ1n) is 12.2. The Balaban J connectivity index is 1.41. The Labute approximate surface area is 227 Å². The molecule has 9 heteroatoms. The number of thioether (sulfide) groups is 1. The Morgan fingerprint density at radius 3 is 2.21 bits per heavy atom. The molecule has 1 saturated heterocycles. The maximum atomic E-state index is 13.8. The van der Waals surface area contributed by atoms with Crippen molar-refractivity contribution in [2.75, 3.05) is 10.2 Å². The van der Waals surface area contributed by atoms with Crippen molar-refractivity contribution in [3.05, 3.63) is 111 Å². The zero-order chi connectivity index (χ0) is 26.4. The van der Waals surface area contributed by atoms with Gasteiger partial charge in [0.15, 0.2) is 0 Å². The molecule has 0 bridgehead atoms. The maximum Gasteiger partial charge on any atom is 0.308 e. The molecule has 4 aromatic rings. The van der Waals surface area contributed by atoms with E-state index in [1.807, 2.05) is 67.6 Å². The SMILES string of the molecule is Cc1ccc(N2C(=O)C3Sc4c(sc(=O)n4CC(=O)Nc4ccccc4)C(c4ccccc4)C3C2=O)cc1. The van der Waals surface area contributed by atoms with Crippen molar-refractivity contribution in [2.24, 2.45) is 5.92 Å². The molecular formula is C29H23N3O4S2. The van der Waals surface area contributed by atoms with Crippen LogP contribution in [0.25, 0.3) is 0 Å². The summed E-state index contributed by atoms with van der Waals surface area (Å²) in [7, 11) is 0. The van der Waals surface area contributed by atoms with Crippen molar-refractivity contribution in [3.63, 3.8) is 0 Å². The number of carbonyl (C=O) groups is 3. The lowest BCUT2D eigenvalue weighted by molar-refractivity contribution is -0.122. The number of hydrogen-bond acceptors (Lipinski definition) is 6. The molecule has 1 N–H and O–H groups in total. The van der Waals surface area contributed by atoms with Crippen LogP contribution in [0.3, 0.4) is 0 Å². The Morgan fingerprint density at radius 1 is 0.868 bits per heavy atom. The molecule has 3 unspecified atom stereocenters. The summed E-state index contributed by atoms with van der Waals surface area (Å²) in [5, 5.41) is 2.68. The van der Waals surface area contributed by atoms with E-state index in [4.69, 9.17) is 0 Å². The first kappa shape index (κ1) is 24.4. The zero-order valence-electron chi connectivity index (χ0n) is 20.4. The van der Waals surface area contributed by atoms with Crippen LogP contribution in [0.1, 0.15) is 21.9 Å². The largest absolute Gasteiger partial charge is 0.325 e. The van der Waals surface area contributed by atoms with E-state index in [2.05, 4.69) is 5.32 Å². The van der Waals surface area contributed by atoms with Gasteiger partial charge in [0.25, 0.3) is 0 Å². The van der Waals surface area contributed by atoms with E-state index in [1.165, 1.54) is 21.2 Å². The van der Waals surface area contributed by atoms with Gasteiger partial charge >= 0.3 is 4.87 Å². The fraction of sp³-hybridized carbons (Fsp3) is 0.172. The highest BCUT2D eigenvalue weighted by atomic mass is 32.2. The van der Waals surface area contributed by atoms with Gasteiger partial charge < -0.3 is 5.32 Å². The lowest BCUT2D eigenvalue weighted by atomic mass is 9.83. The number of anilines is 2. The van der Waals surface area contributed by atoms with Crippen molar-refractivity contribution in [1.82, 2.24) is 4.57 Å². The molecular weight excluding hydrogens is 518 g/mol. The average Bonchev–Trinajstić information content (AvgIpc) is 3.36. The number of aromatic nitrogens is 1. The molecule has 2 aliphatic rings. The number of benzene rings is 3. The van der Waals surface area contributed by atoms with E-state index >= 15 is 0 Å². The second-order valence-corrected chi connectivity index (χ2v) is 11.5. The van der Waals surface area contributed by atoms with E-state index in [1.54, 1.807) is 24.3 Å². The number of rotatable bonds is 5. The summed E-state index contributed by atoms with van der Waals surface area (Å²) >= 11 is 2.26. The topological polar surface area (TPSA) is 88.5 Å². The van der Waals surface area contributed by atoms with Gasteiger partial charge in [0.1, 0.15) is 11.8 Å². The maximum absolute atomic E-state index is 13.8. The van der Waals surface area contributed by atoms with Gasteiger partial charge in [-0.2, -0.15) is 0 Å². The number of para-hydroxylation sites is 1. The molecule has 1 fully saturated rings. The van der Waals surface area contributed by atoms with Crippen LogP contribution >= 0.6 is 23.1 Å². The third-order valence-electron chi connectivity index (χ3n) is 6.86. The van der Waals surface area contributed by atoms with Crippen LogP contribution in [0.2, 0.25) is 0 Å². The third-order valence-corrected chi connectivity index (χ3v) is 9.46. The molecule has 0 saturated carbocycles. The summed E-state index contributed by atoms with van der Waals surface area (Å²) in [6.45, 7) is 1.76. The van der Waals surface area contributed by atoms with Crippen LogP contribution in [0.5, 0.6) is 0 Å². The summed E-state index contributed by atoms with van der Waals surface area (Å²) in [6, 6.07) is 25.9. The number of carbonyl (C=O) groups excluding carboxylic acids is 3. The van der Waals surface area contributed by atoms with Crippen LogP contribution < -0.4 is 15.1 Å². The third kappa shape index (κ3) is 4.17. The number of amides is 3. The highest BCUT2D eigenvalue weighted by molar-refractivity contribution is 8.00. The van der Waals surface area contributed by atoms with Crippen molar-refractivity contribution in [1.29, 1.82) is 0 Å². The molecule has 3 aromatic carbocycles. The van der Waals surface area contributed by atoms with Gasteiger partial charge in [0.2, 0.25) is 17.7 Å². The summed E-state index contributed by atoms with van der Waals surface area (Å²) in [4.78, 5) is 55.3. The summed E-state index contributed by atoms with van der Waals surface area (Å²) in [5.41, 5.74) is 3.06. The van der Waals surface area contributed by atoms with Crippen molar-refractivity contribution >= 4 is 52.2 Å². The Hall–Kier alpha value is -3.95. The van der Waals surface area contributed by atoms with Crippen LogP contribution in [-0.4, -0.2) is 27.5 Å². The van der Waals surface area contributed by atoms with Gasteiger partial charge in [-0.05, 0) is 36.8 Å². The van der Waals surface area contributed by atoms with E-state index in [9.17, 15) is 19.2 Å². The van der Waals surface area contributed by atoms with E-state index in [-0.39, 0.29) is 29.1 Å². The molecule has 2 aliphatic heterocycles. The molecule has 3 atom stereocenters. The molecule has 3 heterocycles. The lowest BCUT2D eigenvalue weighted by Gasteiger charge is -2.30. The van der Waals surface area contributed by atoms with Gasteiger partial charge in [-0.1, -0.05) is 89.3 Å². The molecule has 190 valence electrons.